The normalized spacial score (nSPS) is 11.4. The molecule has 30 heavy (non-hydrogen) atoms. The lowest BCUT2D eigenvalue weighted by Crippen LogP contribution is -2.03. The van der Waals surface area contributed by atoms with Crippen molar-refractivity contribution in [3.8, 4) is 17.3 Å². The van der Waals surface area contributed by atoms with Crippen LogP contribution in [0.4, 0.5) is 5.69 Å². The number of non-ortho nitro benzene ring substituents is 1. The average Bonchev–Trinajstić information content (AvgIpc) is 3.22. The van der Waals surface area contributed by atoms with Crippen LogP contribution in [0.25, 0.3) is 33.9 Å². The van der Waals surface area contributed by atoms with Crippen molar-refractivity contribution in [1.29, 1.82) is 5.26 Å². The van der Waals surface area contributed by atoms with Crippen LogP contribution in [0.3, 0.4) is 0 Å². The van der Waals surface area contributed by atoms with Crippen LogP contribution in [0.2, 0.25) is 0 Å². The van der Waals surface area contributed by atoms with Gasteiger partial charge in [0.05, 0.1) is 21.8 Å². The Bertz CT molecular complexity index is 1410. The Kier molecular flexibility index (Phi) is 5.27. The van der Waals surface area contributed by atoms with E-state index in [1.807, 2.05) is 24.3 Å². The van der Waals surface area contributed by atoms with Gasteiger partial charge in [-0.15, -0.1) is 11.3 Å². The molecule has 7 nitrogen and oxygen atoms in total. The van der Waals surface area contributed by atoms with E-state index >= 15 is 0 Å². The summed E-state index contributed by atoms with van der Waals surface area (Å²) < 4.78 is 6.22. The first-order valence-corrected chi connectivity index (χ1v) is 10.2. The summed E-state index contributed by atoms with van der Waals surface area (Å²) in [4.78, 5) is 27.3. The van der Waals surface area contributed by atoms with Crippen molar-refractivity contribution >= 4 is 55.6 Å². The van der Waals surface area contributed by atoms with Crippen LogP contribution >= 0.6 is 27.3 Å². The maximum Gasteiger partial charge on any atom is 0.345 e. The minimum Gasteiger partial charge on any atom is -0.422 e. The molecule has 0 unspecified atom stereocenters. The van der Waals surface area contributed by atoms with Gasteiger partial charge in [-0.05, 0) is 35.9 Å². The van der Waals surface area contributed by atoms with E-state index in [-0.39, 0.29) is 16.8 Å². The van der Waals surface area contributed by atoms with Gasteiger partial charge in [-0.1, -0.05) is 28.1 Å². The standard InChI is InChI=1S/C21H10BrN3O4S/c22-15-3-1-12(2-4-15)7-14(10-23)20-24-18(11-30-20)17-9-13-8-16(25(27)28)5-6-19(13)29-21(17)26/h1-9,11H/b14-7+. The molecule has 0 saturated heterocycles. The van der Waals surface area contributed by atoms with Crippen molar-refractivity contribution in [1.82, 2.24) is 4.98 Å². The van der Waals surface area contributed by atoms with Gasteiger partial charge < -0.3 is 4.42 Å². The molecule has 0 saturated carbocycles. The fourth-order valence-electron chi connectivity index (χ4n) is 2.79. The predicted octanol–water partition coefficient (Wildman–Crippen LogP) is 5.65. The number of nitro benzene ring substituents is 1. The van der Waals surface area contributed by atoms with Crippen LogP contribution in [0, 0.1) is 21.4 Å². The number of allylic oxidation sites excluding steroid dienone is 1. The van der Waals surface area contributed by atoms with E-state index in [1.165, 1.54) is 35.6 Å². The van der Waals surface area contributed by atoms with Gasteiger partial charge in [-0.3, -0.25) is 10.1 Å². The number of fused-ring (bicyclic) bond motifs is 1. The smallest absolute Gasteiger partial charge is 0.345 e. The highest BCUT2D eigenvalue weighted by molar-refractivity contribution is 9.10. The summed E-state index contributed by atoms with van der Waals surface area (Å²) in [5.41, 5.74) is 1.24. The van der Waals surface area contributed by atoms with E-state index in [1.54, 1.807) is 11.5 Å². The van der Waals surface area contributed by atoms with Crippen LogP contribution in [-0.2, 0) is 0 Å². The molecule has 146 valence electrons. The molecule has 2 aromatic carbocycles. The molecule has 2 aromatic heterocycles. The molecule has 0 aliphatic carbocycles. The van der Waals surface area contributed by atoms with Crippen LogP contribution < -0.4 is 5.63 Å². The summed E-state index contributed by atoms with van der Waals surface area (Å²) in [7, 11) is 0. The molecule has 0 atom stereocenters. The average molecular weight is 480 g/mol. The van der Waals surface area contributed by atoms with Gasteiger partial charge in [-0.2, -0.15) is 5.26 Å². The quantitative estimate of drug-likeness (QED) is 0.162. The Morgan fingerprint density at radius 1 is 1.23 bits per heavy atom. The maximum atomic E-state index is 12.4. The van der Waals surface area contributed by atoms with Crippen LogP contribution in [0.15, 0.2) is 67.6 Å². The number of nitrogens with zero attached hydrogens (tertiary/aromatic N) is 3. The fraction of sp³-hybridized carbons (Fsp3) is 0. The number of thiazole rings is 1. The zero-order chi connectivity index (χ0) is 21.3. The predicted molar refractivity (Wildman–Crippen MR) is 118 cm³/mol. The molecule has 0 spiro atoms. The Balaban J connectivity index is 1.75. The molecule has 4 aromatic rings. The second kappa shape index (κ2) is 8.02. The minimum absolute atomic E-state index is 0.106. The number of rotatable bonds is 4. The number of halogens is 1. The first-order chi connectivity index (χ1) is 14.4. The Morgan fingerprint density at radius 3 is 2.70 bits per heavy atom. The van der Waals surface area contributed by atoms with Gasteiger partial charge >= 0.3 is 5.63 Å². The number of nitro groups is 1. The summed E-state index contributed by atoms with van der Waals surface area (Å²) in [5, 5.41) is 23.1. The molecule has 0 radical (unpaired) electrons. The van der Waals surface area contributed by atoms with Gasteiger partial charge in [0, 0.05) is 27.4 Å². The monoisotopic (exact) mass is 479 g/mol. The van der Waals surface area contributed by atoms with Crippen LogP contribution in [-0.4, -0.2) is 9.91 Å². The minimum atomic E-state index is -0.608. The first-order valence-electron chi connectivity index (χ1n) is 8.50. The highest BCUT2D eigenvalue weighted by Crippen LogP contribution is 2.28. The molecule has 0 bridgehead atoms. The molecule has 0 N–H and O–H groups in total. The van der Waals surface area contributed by atoms with E-state index in [4.69, 9.17) is 4.42 Å². The van der Waals surface area contributed by atoms with Crippen molar-refractivity contribution in [3.05, 3.63) is 89.5 Å². The molecular formula is C21H10BrN3O4S. The van der Waals surface area contributed by atoms with Gasteiger partial charge in [0.25, 0.3) is 5.69 Å². The van der Waals surface area contributed by atoms with Gasteiger partial charge in [0.15, 0.2) is 0 Å². The lowest BCUT2D eigenvalue weighted by Gasteiger charge is -2.00. The van der Waals surface area contributed by atoms with E-state index in [0.29, 0.717) is 21.7 Å². The molecule has 0 aliphatic rings. The first kappa shape index (κ1) is 19.7. The number of hydrogen-bond donors (Lipinski definition) is 0. The summed E-state index contributed by atoms with van der Waals surface area (Å²) >= 11 is 4.59. The molecule has 0 aliphatic heterocycles. The largest absolute Gasteiger partial charge is 0.422 e. The zero-order valence-corrected chi connectivity index (χ0v) is 17.4. The fourth-order valence-corrected chi connectivity index (χ4v) is 3.84. The van der Waals surface area contributed by atoms with E-state index < -0.39 is 10.5 Å². The Labute approximate surface area is 181 Å². The van der Waals surface area contributed by atoms with E-state index in [0.717, 1.165) is 10.0 Å². The Morgan fingerprint density at radius 2 is 2.00 bits per heavy atom. The zero-order valence-electron chi connectivity index (χ0n) is 15.0. The van der Waals surface area contributed by atoms with Crippen molar-refractivity contribution in [3.63, 3.8) is 0 Å². The molecule has 0 fully saturated rings. The second-order valence-corrected chi connectivity index (χ2v) is 7.96. The lowest BCUT2D eigenvalue weighted by atomic mass is 10.1. The second-order valence-electron chi connectivity index (χ2n) is 6.19. The number of benzene rings is 2. The molecule has 9 heteroatoms. The third-order valence-corrected chi connectivity index (χ3v) is 5.64. The van der Waals surface area contributed by atoms with E-state index in [9.17, 15) is 20.2 Å². The number of aromatic nitrogens is 1. The van der Waals surface area contributed by atoms with Gasteiger partial charge in [-0.25, -0.2) is 9.78 Å². The third kappa shape index (κ3) is 3.91. The van der Waals surface area contributed by atoms with Gasteiger partial charge in [0.2, 0.25) is 0 Å². The molecular weight excluding hydrogens is 470 g/mol. The highest BCUT2D eigenvalue weighted by Gasteiger charge is 2.15. The van der Waals surface area contributed by atoms with E-state index in [2.05, 4.69) is 27.0 Å². The lowest BCUT2D eigenvalue weighted by molar-refractivity contribution is -0.384. The van der Waals surface area contributed by atoms with Crippen molar-refractivity contribution in [2.24, 2.45) is 0 Å². The third-order valence-electron chi connectivity index (χ3n) is 4.24. The number of nitriles is 1. The summed E-state index contributed by atoms with van der Waals surface area (Å²) in [6.45, 7) is 0. The highest BCUT2D eigenvalue weighted by atomic mass is 79.9. The van der Waals surface area contributed by atoms with Crippen molar-refractivity contribution in [2.75, 3.05) is 0 Å². The number of hydrogen-bond acceptors (Lipinski definition) is 7. The summed E-state index contributed by atoms with van der Waals surface area (Å²) in [6.07, 6.45) is 1.71. The van der Waals surface area contributed by atoms with Gasteiger partial charge in [0.1, 0.15) is 16.7 Å². The maximum absolute atomic E-state index is 12.4. The Hall–Kier alpha value is -3.61. The summed E-state index contributed by atoms with van der Waals surface area (Å²) in [5.74, 6) is 0. The summed E-state index contributed by atoms with van der Waals surface area (Å²) in [6, 6.07) is 15.1. The van der Waals surface area contributed by atoms with Crippen molar-refractivity contribution in [2.45, 2.75) is 0 Å². The van der Waals surface area contributed by atoms with Crippen LogP contribution in [0.1, 0.15) is 10.6 Å². The topological polar surface area (TPSA) is 110 Å². The van der Waals surface area contributed by atoms with Crippen molar-refractivity contribution < 1.29 is 9.34 Å². The SMILES string of the molecule is N#C/C(=C\c1ccc(Br)cc1)c1nc(-c2cc3cc([N+](=O)[O-])ccc3oc2=O)cs1. The van der Waals surface area contributed by atoms with Crippen LogP contribution in [0.5, 0.6) is 0 Å². The molecule has 0 amide bonds. The molecule has 2 heterocycles. The molecule has 4 rings (SSSR count).